The molecule has 0 radical (unpaired) electrons. The van der Waals surface area contributed by atoms with Crippen molar-refractivity contribution in [2.24, 2.45) is 0 Å². The Labute approximate surface area is 149 Å². The second kappa shape index (κ2) is 6.91. The summed E-state index contributed by atoms with van der Waals surface area (Å²) in [5.74, 6) is 0.842. The Kier molecular flexibility index (Phi) is 4.50. The maximum atomic E-state index is 5.88. The third-order valence-electron chi connectivity index (χ3n) is 4.27. The van der Waals surface area contributed by atoms with Gasteiger partial charge in [0.2, 0.25) is 0 Å². The minimum absolute atomic E-state index is 0.110. The van der Waals surface area contributed by atoms with Crippen LogP contribution in [0.4, 0.5) is 0 Å². The van der Waals surface area contributed by atoms with Gasteiger partial charge in [0.1, 0.15) is 5.75 Å². The summed E-state index contributed by atoms with van der Waals surface area (Å²) in [5.41, 5.74) is 2.04. The van der Waals surface area contributed by atoms with Crippen LogP contribution in [0.2, 0.25) is 0 Å². The monoisotopic (exact) mass is 383 g/mol. The molecule has 1 fully saturated rings. The number of rotatable bonds is 3. The second-order valence-corrected chi connectivity index (χ2v) is 6.82. The number of hydrogen-bond donors (Lipinski definition) is 0. The Morgan fingerprint density at radius 2 is 1.96 bits per heavy atom. The molecule has 1 aliphatic heterocycles. The van der Waals surface area contributed by atoms with E-state index in [2.05, 4.69) is 33.0 Å². The predicted molar refractivity (Wildman–Crippen MR) is 99.1 cm³/mol. The first kappa shape index (κ1) is 15.6. The van der Waals surface area contributed by atoms with Crippen molar-refractivity contribution in [2.45, 2.75) is 25.6 Å². The highest BCUT2D eigenvalue weighted by Gasteiger charge is 2.15. The van der Waals surface area contributed by atoms with Crippen molar-refractivity contribution in [1.82, 2.24) is 4.98 Å². The lowest BCUT2D eigenvalue weighted by Crippen LogP contribution is -2.24. The van der Waals surface area contributed by atoms with Gasteiger partial charge in [-0.15, -0.1) is 0 Å². The molecule has 1 unspecified atom stereocenters. The van der Waals surface area contributed by atoms with Crippen molar-refractivity contribution in [1.29, 1.82) is 0 Å². The number of pyridine rings is 1. The van der Waals surface area contributed by atoms with Gasteiger partial charge in [-0.3, -0.25) is 4.98 Å². The maximum Gasteiger partial charge on any atom is 0.199 e. The molecular formula is C20H18BrNO2. The molecule has 4 heteroatoms. The predicted octanol–water partition coefficient (Wildman–Crippen LogP) is 5.57. The Balaban J connectivity index is 1.56. The smallest absolute Gasteiger partial charge is 0.199 e. The fourth-order valence-corrected chi connectivity index (χ4v) is 3.44. The molecule has 1 aliphatic rings. The summed E-state index contributed by atoms with van der Waals surface area (Å²) in [6.45, 7) is 0.791. The highest BCUT2D eigenvalue weighted by molar-refractivity contribution is 9.10. The molecule has 2 aromatic carbocycles. The van der Waals surface area contributed by atoms with Gasteiger partial charge >= 0.3 is 0 Å². The average molecular weight is 384 g/mol. The lowest BCUT2D eigenvalue weighted by Gasteiger charge is -2.23. The molecule has 0 aliphatic carbocycles. The number of halogens is 1. The van der Waals surface area contributed by atoms with Gasteiger partial charge in [-0.25, -0.2) is 0 Å². The molecule has 0 saturated carbocycles. The van der Waals surface area contributed by atoms with E-state index in [0.717, 1.165) is 46.3 Å². The summed E-state index contributed by atoms with van der Waals surface area (Å²) >= 11 is 3.57. The molecule has 122 valence electrons. The van der Waals surface area contributed by atoms with Crippen LogP contribution >= 0.6 is 15.9 Å². The zero-order valence-electron chi connectivity index (χ0n) is 13.2. The van der Waals surface area contributed by atoms with E-state index in [4.69, 9.17) is 9.47 Å². The topological polar surface area (TPSA) is 31.4 Å². The molecule has 3 nitrogen and oxygen atoms in total. The van der Waals surface area contributed by atoms with E-state index in [1.807, 2.05) is 42.6 Å². The van der Waals surface area contributed by atoms with Gasteiger partial charge < -0.3 is 9.47 Å². The quantitative estimate of drug-likeness (QED) is 0.592. The van der Waals surface area contributed by atoms with E-state index in [1.54, 1.807) is 0 Å². The third-order valence-corrected chi connectivity index (χ3v) is 4.96. The minimum atomic E-state index is -0.110. The summed E-state index contributed by atoms with van der Waals surface area (Å²) in [6, 6.07) is 16.3. The van der Waals surface area contributed by atoms with Crippen LogP contribution in [-0.4, -0.2) is 17.9 Å². The van der Waals surface area contributed by atoms with Gasteiger partial charge in [-0.2, -0.15) is 0 Å². The van der Waals surface area contributed by atoms with E-state index >= 15 is 0 Å². The normalized spacial score (nSPS) is 17.8. The highest BCUT2D eigenvalue weighted by Crippen LogP contribution is 2.28. The first-order valence-corrected chi connectivity index (χ1v) is 9.02. The number of hydrogen-bond acceptors (Lipinski definition) is 3. The molecule has 1 atom stereocenters. The van der Waals surface area contributed by atoms with E-state index < -0.39 is 0 Å². The first-order chi connectivity index (χ1) is 11.8. The largest absolute Gasteiger partial charge is 0.465 e. The molecule has 3 aromatic rings. The highest BCUT2D eigenvalue weighted by atomic mass is 79.9. The lowest BCUT2D eigenvalue weighted by atomic mass is 10.1. The number of nitrogens with zero attached hydrogens (tertiary/aromatic N) is 1. The van der Waals surface area contributed by atoms with Crippen LogP contribution in [0.25, 0.3) is 22.0 Å². The van der Waals surface area contributed by atoms with Crippen LogP contribution in [0.1, 0.15) is 19.3 Å². The van der Waals surface area contributed by atoms with Gasteiger partial charge in [0.05, 0.1) is 12.3 Å². The summed E-state index contributed by atoms with van der Waals surface area (Å²) in [7, 11) is 0. The summed E-state index contributed by atoms with van der Waals surface area (Å²) < 4.78 is 12.6. The molecular weight excluding hydrogens is 366 g/mol. The molecule has 0 spiro atoms. The van der Waals surface area contributed by atoms with Gasteiger partial charge in [-0.05, 0) is 54.6 Å². The molecule has 0 N–H and O–H groups in total. The zero-order chi connectivity index (χ0) is 16.4. The fourth-order valence-electron chi connectivity index (χ4n) is 2.95. The van der Waals surface area contributed by atoms with E-state index in [-0.39, 0.29) is 6.29 Å². The van der Waals surface area contributed by atoms with Crippen LogP contribution in [0.3, 0.4) is 0 Å². The van der Waals surface area contributed by atoms with Crippen molar-refractivity contribution in [3.63, 3.8) is 0 Å². The molecule has 4 rings (SSSR count). The number of fused-ring (bicyclic) bond motifs is 1. The van der Waals surface area contributed by atoms with Crippen molar-refractivity contribution in [3.05, 3.63) is 59.2 Å². The van der Waals surface area contributed by atoms with Gasteiger partial charge in [0.15, 0.2) is 6.29 Å². The van der Waals surface area contributed by atoms with Crippen LogP contribution in [0, 0.1) is 0 Å². The Hall–Kier alpha value is -1.91. The summed E-state index contributed by atoms with van der Waals surface area (Å²) in [6.07, 6.45) is 5.06. The van der Waals surface area contributed by atoms with Crippen molar-refractivity contribution < 1.29 is 9.47 Å². The Morgan fingerprint density at radius 3 is 2.75 bits per heavy atom. The van der Waals surface area contributed by atoms with E-state index in [1.165, 1.54) is 11.8 Å². The van der Waals surface area contributed by atoms with Gasteiger partial charge in [-0.1, -0.05) is 28.1 Å². The average Bonchev–Trinajstić information content (AvgIpc) is 2.63. The molecule has 0 amide bonds. The van der Waals surface area contributed by atoms with Gasteiger partial charge in [0.25, 0.3) is 0 Å². The first-order valence-electron chi connectivity index (χ1n) is 8.22. The SMILES string of the molecule is Brc1cccc2cc(-c3ccc(OC4CCCCO4)cc3)ncc12. The van der Waals surface area contributed by atoms with Crippen LogP contribution in [0.15, 0.2) is 59.2 Å². The summed E-state index contributed by atoms with van der Waals surface area (Å²) in [5, 5.41) is 2.29. The number of ether oxygens (including phenoxy) is 2. The molecule has 24 heavy (non-hydrogen) atoms. The number of aromatic nitrogens is 1. The van der Waals surface area contributed by atoms with Gasteiger partial charge in [0, 0.05) is 28.0 Å². The van der Waals surface area contributed by atoms with E-state index in [0.29, 0.717) is 0 Å². The van der Waals surface area contributed by atoms with Crippen molar-refractivity contribution >= 4 is 26.7 Å². The van der Waals surface area contributed by atoms with Crippen LogP contribution in [-0.2, 0) is 4.74 Å². The number of benzene rings is 2. The third kappa shape index (κ3) is 3.30. The second-order valence-electron chi connectivity index (χ2n) is 5.97. The zero-order valence-corrected chi connectivity index (χ0v) is 14.8. The molecule has 1 saturated heterocycles. The Morgan fingerprint density at radius 1 is 1.08 bits per heavy atom. The summed E-state index contributed by atoms with van der Waals surface area (Å²) in [4.78, 5) is 4.59. The lowest BCUT2D eigenvalue weighted by molar-refractivity contribution is -0.105. The molecule has 2 heterocycles. The van der Waals surface area contributed by atoms with Crippen molar-refractivity contribution in [3.8, 4) is 17.0 Å². The molecule has 1 aromatic heterocycles. The Bertz CT molecular complexity index is 842. The van der Waals surface area contributed by atoms with E-state index in [9.17, 15) is 0 Å². The minimum Gasteiger partial charge on any atom is -0.465 e. The molecule has 0 bridgehead atoms. The van der Waals surface area contributed by atoms with Crippen LogP contribution in [0.5, 0.6) is 5.75 Å². The fraction of sp³-hybridized carbons (Fsp3) is 0.250. The van der Waals surface area contributed by atoms with Crippen molar-refractivity contribution in [2.75, 3.05) is 6.61 Å². The standard InChI is InChI=1S/C20H18BrNO2/c21-18-5-3-4-15-12-19(22-13-17(15)18)14-7-9-16(10-8-14)24-20-6-1-2-11-23-20/h3-5,7-10,12-13,20H,1-2,6,11H2. The van der Waals surface area contributed by atoms with Crippen LogP contribution < -0.4 is 4.74 Å². The maximum absolute atomic E-state index is 5.88.